The summed E-state index contributed by atoms with van der Waals surface area (Å²) in [6, 6.07) is 9.30. The summed E-state index contributed by atoms with van der Waals surface area (Å²) < 4.78 is 1.41. The molecule has 0 spiro atoms. The number of rotatable bonds is 4. The molecule has 2 rings (SSSR count). The first-order valence-electron chi connectivity index (χ1n) is 6.68. The van der Waals surface area contributed by atoms with Gasteiger partial charge in [0.15, 0.2) is 5.78 Å². The van der Waals surface area contributed by atoms with Crippen molar-refractivity contribution in [2.45, 2.75) is 33.7 Å². The molecule has 0 amide bonds. The second kappa shape index (κ2) is 5.82. The highest BCUT2D eigenvalue weighted by atomic mass is 16.2. The zero-order valence-electron chi connectivity index (χ0n) is 12.0. The number of hydrogen-bond acceptors (Lipinski definition) is 3. The fraction of sp³-hybridized carbons (Fsp3) is 0.312. The van der Waals surface area contributed by atoms with Gasteiger partial charge in [-0.25, -0.2) is 4.79 Å². The minimum absolute atomic E-state index is 0.0312. The molecule has 20 heavy (non-hydrogen) atoms. The summed E-state index contributed by atoms with van der Waals surface area (Å²) in [5, 5.41) is 0. The van der Waals surface area contributed by atoms with Crippen LogP contribution in [0.4, 0.5) is 0 Å². The first kappa shape index (κ1) is 14.2. The summed E-state index contributed by atoms with van der Waals surface area (Å²) in [5.74, 6) is -0.0801. The molecule has 0 N–H and O–H groups in total. The monoisotopic (exact) mass is 270 g/mol. The van der Waals surface area contributed by atoms with Crippen molar-refractivity contribution in [2.24, 2.45) is 0 Å². The van der Waals surface area contributed by atoms with Crippen LogP contribution >= 0.6 is 0 Å². The maximum absolute atomic E-state index is 12.2. The molecule has 1 aromatic carbocycles. The van der Waals surface area contributed by atoms with Crippen LogP contribution in [-0.2, 0) is 13.0 Å². The van der Waals surface area contributed by atoms with Gasteiger partial charge in [0.1, 0.15) is 0 Å². The van der Waals surface area contributed by atoms with Gasteiger partial charge in [0.2, 0.25) is 0 Å². The third-order valence-corrected chi connectivity index (χ3v) is 3.33. The Hall–Kier alpha value is -2.23. The standard InChI is InChI=1S/C16H18N2O2/c1-4-13-5-7-14(8-6-13)15(19)10-18-12(3)9-11(2)17-16(18)20/h5-9H,4,10H2,1-3H3. The predicted octanol–water partition coefficient (Wildman–Crippen LogP) is 2.31. The Morgan fingerprint density at radius 3 is 2.40 bits per heavy atom. The van der Waals surface area contributed by atoms with Crippen LogP contribution in [0.5, 0.6) is 0 Å². The number of Topliss-reactive ketones (excluding diaryl/α,β-unsaturated/α-hetero) is 1. The molecule has 0 atom stereocenters. The Labute approximate surface area is 118 Å². The van der Waals surface area contributed by atoms with Gasteiger partial charge in [-0.15, -0.1) is 0 Å². The Kier molecular flexibility index (Phi) is 4.13. The van der Waals surface area contributed by atoms with E-state index in [2.05, 4.69) is 11.9 Å². The van der Waals surface area contributed by atoms with E-state index >= 15 is 0 Å². The lowest BCUT2D eigenvalue weighted by Crippen LogP contribution is -2.28. The van der Waals surface area contributed by atoms with Gasteiger partial charge in [0, 0.05) is 17.0 Å². The molecule has 104 valence electrons. The number of aromatic nitrogens is 2. The summed E-state index contributed by atoms with van der Waals surface area (Å²) in [6.07, 6.45) is 0.939. The molecule has 0 unspecified atom stereocenters. The van der Waals surface area contributed by atoms with Gasteiger partial charge >= 0.3 is 5.69 Å². The lowest BCUT2D eigenvalue weighted by Gasteiger charge is -2.09. The lowest BCUT2D eigenvalue weighted by molar-refractivity contribution is 0.0969. The van der Waals surface area contributed by atoms with E-state index in [1.54, 1.807) is 13.0 Å². The maximum atomic E-state index is 12.2. The van der Waals surface area contributed by atoms with Crippen molar-refractivity contribution < 1.29 is 4.79 Å². The third kappa shape index (κ3) is 3.02. The Balaban J connectivity index is 2.25. The number of aryl methyl sites for hydroxylation is 3. The zero-order chi connectivity index (χ0) is 14.7. The quantitative estimate of drug-likeness (QED) is 0.801. The van der Waals surface area contributed by atoms with E-state index in [1.165, 1.54) is 10.1 Å². The Morgan fingerprint density at radius 1 is 1.20 bits per heavy atom. The highest BCUT2D eigenvalue weighted by Gasteiger charge is 2.10. The number of benzene rings is 1. The molecule has 2 aromatic rings. The molecule has 0 saturated heterocycles. The van der Waals surface area contributed by atoms with E-state index in [9.17, 15) is 9.59 Å². The Bertz CT molecular complexity index is 685. The van der Waals surface area contributed by atoms with Crippen LogP contribution in [0.15, 0.2) is 35.1 Å². The van der Waals surface area contributed by atoms with Crippen molar-refractivity contribution in [3.63, 3.8) is 0 Å². The van der Waals surface area contributed by atoms with Crippen molar-refractivity contribution in [1.29, 1.82) is 0 Å². The maximum Gasteiger partial charge on any atom is 0.348 e. The summed E-state index contributed by atoms with van der Waals surface area (Å²) >= 11 is 0. The molecular weight excluding hydrogens is 252 g/mol. The van der Waals surface area contributed by atoms with Gasteiger partial charge in [-0.1, -0.05) is 31.2 Å². The lowest BCUT2D eigenvalue weighted by atomic mass is 10.1. The number of nitrogens with zero attached hydrogens (tertiary/aromatic N) is 2. The molecular formula is C16H18N2O2. The van der Waals surface area contributed by atoms with E-state index in [4.69, 9.17) is 0 Å². The average molecular weight is 270 g/mol. The van der Waals surface area contributed by atoms with Crippen LogP contribution in [0.25, 0.3) is 0 Å². The molecule has 0 aliphatic rings. The largest absolute Gasteiger partial charge is 0.348 e. The second-order valence-electron chi connectivity index (χ2n) is 4.88. The zero-order valence-corrected chi connectivity index (χ0v) is 12.0. The van der Waals surface area contributed by atoms with E-state index in [0.717, 1.165) is 12.1 Å². The van der Waals surface area contributed by atoms with E-state index in [-0.39, 0.29) is 18.0 Å². The molecule has 0 radical (unpaired) electrons. The molecule has 1 aromatic heterocycles. The van der Waals surface area contributed by atoms with Crippen LogP contribution in [-0.4, -0.2) is 15.3 Å². The molecule has 0 fully saturated rings. The smallest absolute Gasteiger partial charge is 0.292 e. The SMILES string of the molecule is CCc1ccc(C(=O)Cn2c(C)cc(C)nc2=O)cc1. The van der Waals surface area contributed by atoms with Gasteiger partial charge in [-0.2, -0.15) is 4.98 Å². The third-order valence-electron chi connectivity index (χ3n) is 3.33. The molecule has 1 heterocycles. The van der Waals surface area contributed by atoms with Gasteiger partial charge in [-0.3, -0.25) is 9.36 Å². The minimum Gasteiger partial charge on any atom is -0.292 e. The topological polar surface area (TPSA) is 52.0 Å². The van der Waals surface area contributed by atoms with Crippen molar-refractivity contribution in [1.82, 2.24) is 9.55 Å². The van der Waals surface area contributed by atoms with Crippen LogP contribution in [0.1, 0.15) is 34.2 Å². The second-order valence-corrected chi connectivity index (χ2v) is 4.88. The predicted molar refractivity (Wildman–Crippen MR) is 78.1 cm³/mol. The van der Waals surface area contributed by atoms with Crippen molar-refractivity contribution in [3.8, 4) is 0 Å². The summed E-state index contributed by atoms with van der Waals surface area (Å²) in [7, 11) is 0. The van der Waals surface area contributed by atoms with Crippen molar-refractivity contribution in [3.05, 3.63) is 63.3 Å². The highest BCUT2D eigenvalue weighted by Crippen LogP contribution is 2.07. The first-order chi connectivity index (χ1) is 9.51. The van der Waals surface area contributed by atoms with E-state index in [1.807, 2.05) is 31.2 Å². The van der Waals surface area contributed by atoms with Crippen LogP contribution in [0.2, 0.25) is 0 Å². The number of ketones is 1. The molecule has 4 heteroatoms. The molecule has 0 aliphatic heterocycles. The van der Waals surface area contributed by atoms with Crippen LogP contribution in [0, 0.1) is 13.8 Å². The van der Waals surface area contributed by atoms with Crippen LogP contribution in [0.3, 0.4) is 0 Å². The fourth-order valence-electron chi connectivity index (χ4n) is 2.13. The molecule has 0 bridgehead atoms. The normalized spacial score (nSPS) is 10.6. The molecule has 4 nitrogen and oxygen atoms in total. The first-order valence-corrected chi connectivity index (χ1v) is 6.68. The number of hydrogen-bond donors (Lipinski definition) is 0. The number of carbonyl (C=O) groups excluding carboxylic acids is 1. The van der Waals surface area contributed by atoms with Crippen LogP contribution < -0.4 is 5.69 Å². The summed E-state index contributed by atoms with van der Waals surface area (Å²) in [4.78, 5) is 27.9. The minimum atomic E-state index is -0.374. The van der Waals surface area contributed by atoms with Gasteiger partial charge < -0.3 is 0 Å². The highest BCUT2D eigenvalue weighted by molar-refractivity contribution is 5.95. The van der Waals surface area contributed by atoms with E-state index in [0.29, 0.717) is 11.3 Å². The van der Waals surface area contributed by atoms with Gasteiger partial charge in [0.25, 0.3) is 0 Å². The fourth-order valence-corrected chi connectivity index (χ4v) is 2.13. The summed E-state index contributed by atoms with van der Waals surface area (Å²) in [5.41, 5.74) is 2.85. The Morgan fingerprint density at radius 2 is 1.85 bits per heavy atom. The molecule has 0 saturated carbocycles. The molecule has 0 aliphatic carbocycles. The summed E-state index contributed by atoms with van der Waals surface area (Å²) in [6.45, 7) is 5.68. The van der Waals surface area contributed by atoms with Gasteiger partial charge in [0.05, 0.1) is 6.54 Å². The van der Waals surface area contributed by atoms with Crippen molar-refractivity contribution in [2.75, 3.05) is 0 Å². The van der Waals surface area contributed by atoms with Gasteiger partial charge in [-0.05, 0) is 31.9 Å². The average Bonchev–Trinajstić information content (AvgIpc) is 2.42. The number of carbonyl (C=O) groups is 1. The van der Waals surface area contributed by atoms with Crippen molar-refractivity contribution >= 4 is 5.78 Å². The van der Waals surface area contributed by atoms with E-state index < -0.39 is 0 Å².